The third-order valence-electron chi connectivity index (χ3n) is 2.41. The molecule has 0 amide bonds. The summed E-state index contributed by atoms with van der Waals surface area (Å²) in [7, 11) is 0. The minimum Gasteiger partial charge on any atom is -0.373 e. The molecule has 0 spiro atoms. The van der Waals surface area contributed by atoms with Crippen molar-refractivity contribution in [1.29, 1.82) is 0 Å². The van der Waals surface area contributed by atoms with Gasteiger partial charge >= 0.3 is 0 Å². The number of rotatable bonds is 4. The molecule has 1 aliphatic heterocycles. The molecule has 2 heteroatoms. The van der Waals surface area contributed by atoms with Crippen LogP contribution in [0.15, 0.2) is 0 Å². The van der Waals surface area contributed by atoms with E-state index in [4.69, 9.17) is 9.47 Å². The highest BCUT2D eigenvalue weighted by Gasteiger charge is 2.24. The average molecular weight is 172 g/mol. The van der Waals surface area contributed by atoms with E-state index >= 15 is 0 Å². The molecule has 2 unspecified atom stereocenters. The standard InChI is InChI=1S/C10H20O2/c1-3-5-6-10-9(4-2)11-7-8-12-10/h9-10H,3-8H2,1-2H3. The molecule has 0 aliphatic carbocycles. The molecule has 1 aliphatic rings. The second-order valence-electron chi connectivity index (χ2n) is 3.37. The van der Waals surface area contributed by atoms with E-state index in [1.165, 1.54) is 12.8 Å². The van der Waals surface area contributed by atoms with Crippen LogP contribution in [0.1, 0.15) is 39.5 Å². The maximum Gasteiger partial charge on any atom is 0.0837 e. The molecule has 72 valence electrons. The molecule has 0 saturated carbocycles. The highest BCUT2D eigenvalue weighted by Crippen LogP contribution is 2.18. The van der Waals surface area contributed by atoms with Gasteiger partial charge in [0.15, 0.2) is 0 Å². The SMILES string of the molecule is CCCCC1OCCOC1CC. The van der Waals surface area contributed by atoms with Crippen molar-refractivity contribution < 1.29 is 9.47 Å². The fourth-order valence-corrected chi connectivity index (χ4v) is 1.67. The van der Waals surface area contributed by atoms with Crippen LogP contribution in [0.4, 0.5) is 0 Å². The summed E-state index contributed by atoms with van der Waals surface area (Å²) in [5, 5.41) is 0. The van der Waals surface area contributed by atoms with Gasteiger partial charge in [-0.1, -0.05) is 26.7 Å². The van der Waals surface area contributed by atoms with Gasteiger partial charge in [0, 0.05) is 0 Å². The molecule has 2 nitrogen and oxygen atoms in total. The van der Waals surface area contributed by atoms with Crippen molar-refractivity contribution in [2.75, 3.05) is 13.2 Å². The Morgan fingerprint density at radius 1 is 1.08 bits per heavy atom. The van der Waals surface area contributed by atoms with Crippen LogP contribution in [0.5, 0.6) is 0 Å². The Morgan fingerprint density at radius 2 is 1.75 bits per heavy atom. The lowest BCUT2D eigenvalue weighted by molar-refractivity contribution is -0.143. The van der Waals surface area contributed by atoms with Crippen LogP contribution in [-0.2, 0) is 9.47 Å². The highest BCUT2D eigenvalue weighted by molar-refractivity contribution is 4.72. The van der Waals surface area contributed by atoms with E-state index in [1.807, 2.05) is 0 Å². The summed E-state index contributed by atoms with van der Waals surface area (Å²) in [5.74, 6) is 0. The highest BCUT2D eigenvalue weighted by atomic mass is 16.6. The van der Waals surface area contributed by atoms with Gasteiger partial charge in [-0.25, -0.2) is 0 Å². The third kappa shape index (κ3) is 2.76. The van der Waals surface area contributed by atoms with Crippen molar-refractivity contribution in [3.8, 4) is 0 Å². The zero-order chi connectivity index (χ0) is 8.81. The Hall–Kier alpha value is -0.0800. The fourth-order valence-electron chi connectivity index (χ4n) is 1.67. The summed E-state index contributed by atoms with van der Waals surface area (Å²) in [4.78, 5) is 0. The Labute approximate surface area is 75.2 Å². The molecule has 1 rings (SSSR count). The largest absolute Gasteiger partial charge is 0.373 e. The predicted octanol–water partition coefficient (Wildman–Crippen LogP) is 2.37. The number of ether oxygens (including phenoxy) is 2. The lowest BCUT2D eigenvalue weighted by atomic mass is 10.0. The van der Waals surface area contributed by atoms with Gasteiger partial charge in [0.1, 0.15) is 0 Å². The average Bonchev–Trinajstić information content (AvgIpc) is 2.15. The van der Waals surface area contributed by atoms with Crippen LogP contribution in [0.25, 0.3) is 0 Å². The van der Waals surface area contributed by atoms with Crippen LogP contribution in [0.2, 0.25) is 0 Å². The molecule has 1 fully saturated rings. The Bertz CT molecular complexity index is 114. The van der Waals surface area contributed by atoms with Gasteiger partial charge in [0.05, 0.1) is 25.4 Å². The quantitative estimate of drug-likeness (QED) is 0.648. The molecule has 2 atom stereocenters. The number of unbranched alkanes of at least 4 members (excludes halogenated alkanes) is 1. The van der Waals surface area contributed by atoms with E-state index in [2.05, 4.69) is 13.8 Å². The van der Waals surface area contributed by atoms with Gasteiger partial charge in [0.2, 0.25) is 0 Å². The van der Waals surface area contributed by atoms with E-state index in [9.17, 15) is 0 Å². The van der Waals surface area contributed by atoms with E-state index in [-0.39, 0.29) is 0 Å². The molecular formula is C10H20O2. The van der Waals surface area contributed by atoms with Gasteiger partial charge in [0.25, 0.3) is 0 Å². The normalized spacial score (nSPS) is 30.5. The van der Waals surface area contributed by atoms with Crippen molar-refractivity contribution >= 4 is 0 Å². The molecule has 0 bridgehead atoms. The van der Waals surface area contributed by atoms with Crippen molar-refractivity contribution in [1.82, 2.24) is 0 Å². The summed E-state index contributed by atoms with van der Waals surface area (Å²) < 4.78 is 11.3. The zero-order valence-corrected chi connectivity index (χ0v) is 8.21. The lowest BCUT2D eigenvalue weighted by Gasteiger charge is -2.31. The number of hydrogen-bond acceptors (Lipinski definition) is 2. The Balaban J connectivity index is 2.26. The van der Waals surface area contributed by atoms with Crippen LogP contribution < -0.4 is 0 Å². The fraction of sp³-hybridized carbons (Fsp3) is 1.00. The van der Waals surface area contributed by atoms with Crippen molar-refractivity contribution in [2.24, 2.45) is 0 Å². The molecule has 0 aromatic heterocycles. The third-order valence-corrected chi connectivity index (χ3v) is 2.41. The van der Waals surface area contributed by atoms with Gasteiger partial charge in [-0.3, -0.25) is 0 Å². The summed E-state index contributed by atoms with van der Waals surface area (Å²) in [6.45, 7) is 5.94. The first kappa shape index (κ1) is 10.0. The van der Waals surface area contributed by atoms with Crippen molar-refractivity contribution in [3.63, 3.8) is 0 Å². The Morgan fingerprint density at radius 3 is 2.33 bits per heavy atom. The predicted molar refractivity (Wildman–Crippen MR) is 49.3 cm³/mol. The first-order valence-electron chi connectivity index (χ1n) is 5.11. The molecule has 12 heavy (non-hydrogen) atoms. The van der Waals surface area contributed by atoms with E-state index in [0.29, 0.717) is 12.2 Å². The van der Waals surface area contributed by atoms with E-state index in [0.717, 1.165) is 26.1 Å². The summed E-state index contributed by atoms with van der Waals surface area (Å²) in [5.41, 5.74) is 0. The first-order chi connectivity index (χ1) is 5.88. The molecule has 0 N–H and O–H groups in total. The zero-order valence-electron chi connectivity index (χ0n) is 8.21. The molecule has 0 radical (unpaired) electrons. The molecule has 0 aromatic carbocycles. The van der Waals surface area contributed by atoms with Crippen LogP contribution in [0, 0.1) is 0 Å². The monoisotopic (exact) mass is 172 g/mol. The molecular weight excluding hydrogens is 152 g/mol. The molecule has 0 aromatic rings. The van der Waals surface area contributed by atoms with Gasteiger partial charge in [-0.2, -0.15) is 0 Å². The summed E-state index contributed by atoms with van der Waals surface area (Å²) >= 11 is 0. The lowest BCUT2D eigenvalue weighted by Crippen LogP contribution is -2.37. The van der Waals surface area contributed by atoms with Gasteiger partial charge < -0.3 is 9.47 Å². The van der Waals surface area contributed by atoms with Crippen molar-refractivity contribution in [3.05, 3.63) is 0 Å². The van der Waals surface area contributed by atoms with Crippen LogP contribution in [0.3, 0.4) is 0 Å². The minimum absolute atomic E-state index is 0.352. The maximum absolute atomic E-state index is 5.66. The maximum atomic E-state index is 5.66. The van der Waals surface area contributed by atoms with Crippen molar-refractivity contribution in [2.45, 2.75) is 51.7 Å². The summed E-state index contributed by atoms with van der Waals surface area (Å²) in [6.07, 6.45) is 5.46. The Kier molecular flexibility index (Phi) is 4.62. The molecule has 1 saturated heterocycles. The minimum atomic E-state index is 0.352. The topological polar surface area (TPSA) is 18.5 Å². The number of hydrogen-bond donors (Lipinski definition) is 0. The second kappa shape index (κ2) is 5.55. The van der Waals surface area contributed by atoms with Crippen LogP contribution >= 0.6 is 0 Å². The smallest absolute Gasteiger partial charge is 0.0837 e. The van der Waals surface area contributed by atoms with Gasteiger partial charge in [-0.05, 0) is 12.8 Å². The second-order valence-corrected chi connectivity index (χ2v) is 3.37. The van der Waals surface area contributed by atoms with Gasteiger partial charge in [-0.15, -0.1) is 0 Å². The van der Waals surface area contributed by atoms with E-state index < -0.39 is 0 Å². The van der Waals surface area contributed by atoms with E-state index in [1.54, 1.807) is 0 Å². The molecule has 1 heterocycles. The van der Waals surface area contributed by atoms with Crippen LogP contribution in [-0.4, -0.2) is 25.4 Å². The summed E-state index contributed by atoms with van der Waals surface area (Å²) in [6, 6.07) is 0. The first-order valence-corrected chi connectivity index (χ1v) is 5.11.